The van der Waals surface area contributed by atoms with Crippen LogP contribution in [0.1, 0.15) is 18.9 Å². The van der Waals surface area contributed by atoms with E-state index >= 15 is 0 Å². The van der Waals surface area contributed by atoms with Gasteiger partial charge in [0.05, 0.1) is 0 Å². The first-order chi connectivity index (χ1) is 9.58. The maximum absolute atomic E-state index is 13.6. The van der Waals surface area contributed by atoms with Gasteiger partial charge in [0.15, 0.2) is 11.6 Å². The molecule has 2 rings (SSSR count). The standard InChI is InChI=1S/C15H20F2N2O/c1-11(9-12-3-2-4-13(16)15(12)17)10-14(20)19-7-5-18-6-8-19/h2-4,11,18H,5-10H2,1H3. The lowest BCUT2D eigenvalue weighted by Crippen LogP contribution is -2.46. The largest absolute Gasteiger partial charge is 0.340 e. The predicted molar refractivity (Wildman–Crippen MR) is 73.3 cm³/mol. The van der Waals surface area contributed by atoms with Crippen LogP contribution in [0.2, 0.25) is 0 Å². The molecule has 1 aliphatic heterocycles. The van der Waals surface area contributed by atoms with E-state index in [1.54, 1.807) is 6.07 Å². The van der Waals surface area contributed by atoms with Gasteiger partial charge < -0.3 is 10.2 Å². The van der Waals surface area contributed by atoms with Crippen molar-refractivity contribution < 1.29 is 13.6 Å². The highest BCUT2D eigenvalue weighted by Gasteiger charge is 2.19. The second kappa shape index (κ2) is 6.79. The molecule has 1 aromatic carbocycles. The Labute approximate surface area is 118 Å². The fourth-order valence-corrected chi connectivity index (χ4v) is 2.50. The van der Waals surface area contributed by atoms with Gasteiger partial charge in [0, 0.05) is 32.6 Å². The number of nitrogens with one attached hydrogen (secondary N) is 1. The number of nitrogens with zero attached hydrogens (tertiary/aromatic N) is 1. The number of piperazine rings is 1. The lowest BCUT2D eigenvalue weighted by molar-refractivity contribution is -0.132. The Bertz CT molecular complexity index is 473. The van der Waals surface area contributed by atoms with Crippen molar-refractivity contribution in [3.63, 3.8) is 0 Å². The quantitative estimate of drug-likeness (QED) is 0.915. The zero-order chi connectivity index (χ0) is 14.5. The van der Waals surface area contributed by atoms with E-state index in [2.05, 4.69) is 5.32 Å². The van der Waals surface area contributed by atoms with E-state index in [4.69, 9.17) is 0 Å². The number of carbonyl (C=O) groups excluding carboxylic acids is 1. The molecular formula is C15H20F2N2O. The van der Waals surface area contributed by atoms with Crippen molar-refractivity contribution in [1.82, 2.24) is 10.2 Å². The molecule has 0 aliphatic carbocycles. The molecule has 1 heterocycles. The molecule has 1 N–H and O–H groups in total. The average Bonchev–Trinajstić information content (AvgIpc) is 2.45. The molecule has 1 saturated heterocycles. The van der Waals surface area contributed by atoms with E-state index in [-0.39, 0.29) is 11.8 Å². The van der Waals surface area contributed by atoms with Crippen LogP contribution in [-0.4, -0.2) is 37.0 Å². The highest BCUT2D eigenvalue weighted by molar-refractivity contribution is 5.76. The minimum Gasteiger partial charge on any atom is -0.340 e. The Balaban J connectivity index is 1.90. The van der Waals surface area contributed by atoms with Gasteiger partial charge in [0.2, 0.25) is 5.91 Å². The molecule has 0 spiro atoms. The van der Waals surface area contributed by atoms with Crippen molar-refractivity contribution in [2.45, 2.75) is 19.8 Å². The SMILES string of the molecule is CC(CC(=O)N1CCNCC1)Cc1cccc(F)c1F. The van der Waals surface area contributed by atoms with Gasteiger partial charge in [-0.05, 0) is 24.0 Å². The van der Waals surface area contributed by atoms with Crippen LogP contribution >= 0.6 is 0 Å². The first-order valence-corrected chi connectivity index (χ1v) is 6.99. The molecule has 20 heavy (non-hydrogen) atoms. The van der Waals surface area contributed by atoms with Crippen molar-refractivity contribution in [2.24, 2.45) is 5.92 Å². The van der Waals surface area contributed by atoms with Crippen LogP contribution in [0.4, 0.5) is 8.78 Å². The summed E-state index contributed by atoms with van der Waals surface area (Å²) in [6.45, 7) is 4.97. The molecule has 0 aromatic heterocycles. The molecule has 1 unspecified atom stereocenters. The number of hydrogen-bond acceptors (Lipinski definition) is 2. The third kappa shape index (κ3) is 3.76. The van der Waals surface area contributed by atoms with E-state index in [0.29, 0.717) is 18.4 Å². The Kier molecular flexibility index (Phi) is 5.06. The molecular weight excluding hydrogens is 262 g/mol. The van der Waals surface area contributed by atoms with Gasteiger partial charge in [-0.3, -0.25) is 4.79 Å². The van der Waals surface area contributed by atoms with Gasteiger partial charge in [-0.2, -0.15) is 0 Å². The summed E-state index contributed by atoms with van der Waals surface area (Å²) in [5, 5.41) is 3.19. The smallest absolute Gasteiger partial charge is 0.222 e. The van der Waals surface area contributed by atoms with Gasteiger partial charge in [0.25, 0.3) is 0 Å². The van der Waals surface area contributed by atoms with E-state index in [1.165, 1.54) is 6.07 Å². The summed E-state index contributed by atoms with van der Waals surface area (Å²) in [5.41, 5.74) is 0.339. The molecule has 0 saturated carbocycles. The summed E-state index contributed by atoms with van der Waals surface area (Å²) >= 11 is 0. The lowest BCUT2D eigenvalue weighted by atomic mass is 9.97. The second-order valence-electron chi connectivity index (χ2n) is 5.36. The van der Waals surface area contributed by atoms with Crippen molar-refractivity contribution in [3.8, 4) is 0 Å². The van der Waals surface area contributed by atoms with Crippen LogP contribution in [0, 0.1) is 17.6 Å². The molecule has 110 valence electrons. The van der Waals surface area contributed by atoms with Crippen LogP contribution < -0.4 is 5.32 Å². The second-order valence-corrected chi connectivity index (χ2v) is 5.36. The van der Waals surface area contributed by atoms with Gasteiger partial charge >= 0.3 is 0 Å². The van der Waals surface area contributed by atoms with Crippen LogP contribution in [0.15, 0.2) is 18.2 Å². The molecule has 0 bridgehead atoms. The third-order valence-corrected chi connectivity index (χ3v) is 3.59. The lowest BCUT2D eigenvalue weighted by Gasteiger charge is -2.28. The van der Waals surface area contributed by atoms with E-state index in [1.807, 2.05) is 11.8 Å². The molecule has 5 heteroatoms. The van der Waals surface area contributed by atoms with Crippen LogP contribution in [0.5, 0.6) is 0 Å². The molecule has 3 nitrogen and oxygen atoms in total. The van der Waals surface area contributed by atoms with Gasteiger partial charge in [-0.1, -0.05) is 19.1 Å². The maximum atomic E-state index is 13.6. The number of halogens is 2. The minimum atomic E-state index is -0.830. The molecule has 1 amide bonds. The van der Waals surface area contributed by atoms with E-state index < -0.39 is 11.6 Å². The summed E-state index contributed by atoms with van der Waals surface area (Å²) in [7, 11) is 0. The normalized spacial score (nSPS) is 17.1. The molecule has 0 radical (unpaired) electrons. The van der Waals surface area contributed by atoms with Crippen molar-refractivity contribution in [3.05, 3.63) is 35.4 Å². The van der Waals surface area contributed by atoms with Crippen molar-refractivity contribution in [1.29, 1.82) is 0 Å². The first kappa shape index (κ1) is 14.9. The summed E-state index contributed by atoms with van der Waals surface area (Å²) in [6, 6.07) is 4.18. The van der Waals surface area contributed by atoms with Crippen LogP contribution in [0.3, 0.4) is 0 Å². The van der Waals surface area contributed by atoms with Crippen molar-refractivity contribution in [2.75, 3.05) is 26.2 Å². The highest BCUT2D eigenvalue weighted by atomic mass is 19.2. The number of carbonyl (C=O) groups is 1. The zero-order valence-corrected chi connectivity index (χ0v) is 11.7. The topological polar surface area (TPSA) is 32.3 Å². The monoisotopic (exact) mass is 282 g/mol. The Morgan fingerprint density at radius 2 is 2.05 bits per heavy atom. The Hall–Kier alpha value is -1.49. The average molecular weight is 282 g/mol. The fourth-order valence-electron chi connectivity index (χ4n) is 2.50. The summed E-state index contributed by atoms with van der Waals surface area (Å²) in [4.78, 5) is 13.9. The van der Waals surface area contributed by atoms with E-state index in [9.17, 15) is 13.6 Å². The van der Waals surface area contributed by atoms with Crippen LogP contribution in [0.25, 0.3) is 0 Å². The zero-order valence-electron chi connectivity index (χ0n) is 11.7. The van der Waals surface area contributed by atoms with Crippen LogP contribution in [-0.2, 0) is 11.2 Å². The highest BCUT2D eigenvalue weighted by Crippen LogP contribution is 2.18. The molecule has 1 atom stereocenters. The Morgan fingerprint density at radius 3 is 2.75 bits per heavy atom. The number of hydrogen-bond donors (Lipinski definition) is 1. The summed E-state index contributed by atoms with van der Waals surface area (Å²) < 4.78 is 26.7. The third-order valence-electron chi connectivity index (χ3n) is 3.59. The van der Waals surface area contributed by atoms with Gasteiger partial charge in [-0.25, -0.2) is 8.78 Å². The minimum absolute atomic E-state index is 0.00585. The predicted octanol–water partition coefficient (Wildman–Crippen LogP) is 1.97. The summed E-state index contributed by atoms with van der Waals surface area (Å²) in [5.74, 6) is -1.54. The van der Waals surface area contributed by atoms with Gasteiger partial charge in [0.1, 0.15) is 0 Å². The van der Waals surface area contributed by atoms with Gasteiger partial charge in [-0.15, -0.1) is 0 Å². The Morgan fingerprint density at radius 1 is 1.35 bits per heavy atom. The molecule has 1 aromatic rings. The van der Waals surface area contributed by atoms with E-state index in [0.717, 1.165) is 32.2 Å². The summed E-state index contributed by atoms with van der Waals surface area (Å²) in [6.07, 6.45) is 0.747. The first-order valence-electron chi connectivity index (χ1n) is 6.99. The number of amides is 1. The molecule has 1 fully saturated rings. The molecule has 1 aliphatic rings. The fraction of sp³-hybridized carbons (Fsp3) is 0.533. The number of benzene rings is 1. The number of rotatable bonds is 4. The maximum Gasteiger partial charge on any atom is 0.222 e. The van der Waals surface area contributed by atoms with Crippen molar-refractivity contribution >= 4 is 5.91 Å².